The number of carbonyl (C=O) groups excluding carboxylic acids is 2. The normalized spacial score (nSPS) is 21.2. The first kappa shape index (κ1) is 12.7. The highest BCUT2D eigenvalue weighted by atomic mass is 16.5. The molecule has 0 aromatic heterocycles. The summed E-state index contributed by atoms with van der Waals surface area (Å²) in [5.41, 5.74) is 0. The summed E-state index contributed by atoms with van der Waals surface area (Å²) in [6.45, 7) is 4.13. The summed E-state index contributed by atoms with van der Waals surface area (Å²) in [6, 6.07) is -0.667. The van der Waals surface area contributed by atoms with Crippen LogP contribution in [0.15, 0.2) is 12.7 Å². The minimum absolute atomic E-state index is 0.255. The summed E-state index contributed by atoms with van der Waals surface area (Å²) in [6.07, 6.45) is 3.07. The maximum Gasteiger partial charge on any atom is 0.328 e. The van der Waals surface area contributed by atoms with Crippen molar-refractivity contribution in [2.75, 3.05) is 13.7 Å². The number of hydrogen-bond donors (Lipinski definition) is 1. The van der Waals surface area contributed by atoms with Gasteiger partial charge in [0.2, 0.25) is 5.91 Å². The van der Waals surface area contributed by atoms with E-state index >= 15 is 0 Å². The lowest BCUT2D eigenvalue weighted by atomic mass is 10.1. The molecule has 0 aromatic rings. The third-order valence-corrected chi connectivity index (χ3v) is 2.43. The molecular formula is C11H17NO4. The molecular weight excluding hydrogens is 210 g/mol. The Kier molecular flexibility index (Phi) is 4.98. The Labute approximate surface area is 94.8 Å². The first-order valence-corrected chi connectivity index (χ1v) is 5.29. The number of amides is 1. The van der Waals surface area contributed by atoms with E-state index in [1.807, 2.05) is 0 Å². The zero-order valence-corrected chi connectivity index (χ0v) is 9.40. The van der Waals surface area contributed by atoms with E-state index in [4.69, 9.17) is 4.74 Å². The summed E-state index contributed by atoms with van der Waals surface area (Å²) >= 11 is 0. The van der Waals surface area contributed by atoms with Crippen LogP contribution in [0, 0.1) is 0 Å². The summed E-state index contributed by atoms with van der Waals surface area (Å²) in [5.74, 6) is -0.721. The fourth-order valence-corrected chi connectivity index (χ4v) is 1.57. The second-order valence-electron chi connectivity index (χ2n) is 3.61. The van der Waals surface area contributed by atoms with Crippen molar-refractivity contribution in [2.24, 2.45) is 0 Å². The van der Waals surface area contributed by atoms with Crippen LogP contribution in [0.1, 0.15) is 19.3 Å². The van der Waals surface area contributed by atoms with Crippen LogP contribution in [0.5, 0.6) is 0 Å². The fourth-order valence-electron chi connectivity index (χ4n) is 1.57. The van der Waals surface area contributed by atoms with Gasteiger partial charge in [0.25, 0.3) is 0 Å². The Morgan fingerprint density at radius 3 is 2.94 bits per heavy atom. The van der Waals surface area contributed by atoms with Crippen molar-refractivity contribution in [1.29, 1.82) is 0 Å². The van der Waals surface area contributed by atoms with E-state index in [1.165, 1.54) is 7.11 Å². The Bertz CT molecular complexity index is 271. The highest BCUT2D eigenvalue weighted by Gasteiger charge is 2.27. The van der Waals surface area contributed by atoms with Crippen LogP contribution in [0.4, 0.5) is 0 Å². The van der Waals surface area contributed by atoms with Crippen molar-refractivity contribution in [3.8, 4) is 0 Å². The first-order chi connectivity index (χ1) is 7.69. The van der Waals surface area contributed by atoms with Gasteiger partial charge in [-0.1, -0.05) is 6.08 Å². The predicted octanol–water partition coefficient (Wildman–Crippen LogP) is 0.399. The molecule has 5 nitrogen and oxygen atoms in total. The van der Waals surface area contributed by atoms with Crippen LogP contribution in [-0.2, 0) is 19.1 Å². The lowest BCUT2D eigenvalue weighted by Gasteiger charge is -2.17. The number of rotatable bonds is 5. The molecule has 1 aliphatic heterocycles. The molecule has 1 N–H and O–H groups in total. The molecule has 16 heavy (non-hydrogen) atoms. The topological polar surface area (TPSA) is 64.6 Å². The Morgan fingerprint density at radius 1 is 1.69 bits per heavy atom. The number of methoxy groups -OCH3 is 1. The molecule has 1 rings (SSSR count). The third kappa shape index (κ3) is 3.34. The Morgan fingerprint density at radius 2 is 2.44 bits per heavy atom. The van der Waals surface area contributed by atoms with Gasteiger partial charge in [-0.3, -0.25) is 4.79 Å². The fraction of sp³-hybridized carbons (Fsp3) is 0.636. The highest BCUT2D eigenvalue weighted by molar-refractivity contribution is 5.87. The Hall–Kier alpha value is -1.36. The highest BCUT2D eigenvalue weighted by Crippen LogP contribution is 2.12. The second kappa shape index (κ2) is 6.27. The lowest BCUT2D eigenvalue weighted by Crippen LogP contribution is -2.45. The minimum atomic E-state index is -0.667. The number of ether oxygens (including phenoxy) is 2. The van der Waals surface area contributed by atoms with Gasteiger partial charge in [-0.05, 0) is 19.3 Å². The van der Waals surface area contributed by atoms with Gasteiger partial charge >= 0.3 is 5.97 Å². The van der Waals surface area contributed by atoms with E-state index in [-0.39, 0.29) is 5.91 Å². The van der Waals surface area contributed by atoms with Crippen LogP contribution in [0.25, 0.3) is 0 Å². The molecule has 0 radical (unpaired) electrons. The molecule has 2 atom stereocenters. The predicted molar refractivity (Wildman–Crippen MR) is 57.7 cm³/mol. The van der Waals surface area contributed by atoms with Gasteiger partial charge in [-0.2, -0.15) is 0 Å². The van der Waals surface area contributed by atoms with Crippen molar-refractivity contribution in [2.45, 2.75) is 31.4 Å². The van der Waals surface area contributed by atoms with E-state index in [1.54, 1.807) is 6.08 Å². The molecule has 1 fully saturated rings. The first-order valence-electron chi connectivity index (χ1n) is 5.29. The summed E-state index contributed by atoms with van der Waals surface area (Å²) in [7, 11) is 1.29. The molecule has 0 spiro atoms. The SMILES string of the molecule is C=CC[C@H](NC(=O)[C@@H]1CCCO1)C(=O)OC. The van der Waals surface area contributed by atoms with Gasteiger partial charge in [0, 0.05) is 6.61 Å². The van der Waals surface area contributed by atoms with Gasteiger partial charge < -0.3 is 14.8 Å². The smallest absolute Gasteiger partial charge is 0.328 e. The maximum atomic E-state index is 11.7. The summed E-state index contributed by atoms with van der Waals surface area (Å²) < 4.78 is 9.80. The van der Waals surface area contributed by atoms with E-state index in [2.05, 4.69) is 16.6 Å². The zero-order valence-electron chi connectivity index (χ0n) is 9.40. The van der Waals surface area contributed by atoms with Crippen LogP contribution >= 0.6 is 0 Å². The molecule has 0 aliphatic carbocycles. The van der Waals surface area contributed by atoms with E-state index in [0.29, 0.717) is 19.4 Å². The van der Waals surface area contributed by atoms with Crippen LogP contribution < -0.4 is 5.32 Å². The largest absolute Gasteiger partial charge is 0.467 e. The summed E-state index contributed by atoms with van der Waals surface area (Å²) in [5, 5.41) is 2.60. The number of hydrogen-bond acceptors (Lipinski definition) is 4. The van der Waals surface area contributed by atoms with Gasteiger partial charge in [-0.25, -0.2) is 4.79 Å². The van der Waals surface area contributed by atoms with Crippen molar-refractivity contribution < 1.29 is 19.1 Å². The molecule has 0 unspecified atom stereocenters. The molecule has 0 bridgehead atoms. The molecule has 90 valence electrons. The molecule has 0 saturated carbocycles. The molecule has 1 aliphatic rings. The van der Waals surface area contributed by atoms with Crippen LogP contribution in [0.3, 0.4) is 0 Å². The molecule has 0 aromatic carbocycles. The van der Waals surface area contributed by atoms with Crippen molar-refractivity contribution in [3.63, 3.8) is 0 Å². The monoisotopic (exact) mass is 227 g/mol. The molecule has 1 saturated heterocycles. The standard InChI is InChI=1S/C11H17NO4/c1-3-5-8(11(14)15-2)12-10(13)9-6-4-7-16-9/h3,8-9H,1,4-7H2,2H3,(H,12,13)/t8-,9-/m0/s1. The average molecular weight is 227 g/mol. The molecule has 1 amide bonds. The van der Waals surface area contributed by atoms with Crippen molar-refractivity contribution in [3.05, 3.63) is 12.7 Å². The lowest BCUT2D eigenvalue weighted by molar-refractivity contribution is -0.146. The van der Waals surface area contributed by atoms with E-state index in [9.17, 15) is 9.59 Å². The van der Waals surface area contributed by atoms with Gasteiger partial charge in [0.05, 0.1) is 7.11 Å². The number of carbonyl (C=O) groups is 2. The zero-order chi connectivity index (χ0) is 12.0. The van der Waals surface area contributed by atoms with Crippen LogP contribution in [-0.4, -0.2) is 37.7 Å². The van der Waals surface area contributed by atoms with Crippen molar-refractivity contribution in [1.82, 2.24) is 5.32 Å². The van der Waals surface area contributed by atoms with E-state index < -0.39 is 18.1 Å². The summed E-state index contributed by atoms with van der Waals surface area (Å²) in [4.78, 5) is 23.0. The molecule has 5 heteroatoms. The van der Waals surface area contributed by atoms with Crippen molar-refractivity contribution >= 4 is 11.9 Å². The Balaban J connectivity index is 2.49. The van der Waals surface area contributed by atoms with Gasteiger partial charge in [0.1, 0.15) is 12.1 Å². The maximum absolute atomic E-state index is 11.7. The van der Waals surface area contributed by atoms with Crippen LogP contribution in [0.2, 0.25) is 0 Å². The third-order valence-electron chi connectivity index (χ3n) is 2.43. The second-order valence-corrected chi connectivity index (χ2v) is 3.61. The quantitative estimate of drug-likeness (QED) is 0.545. The van der Waals surface area contributed by atoms with Gasteiger partial charge in [0.15, 0.2) is 0 Å². The number of nitrogens with one attached hydrogen (secondary N) is 1. The minimum Gasteiger partial charge on any atom is -0.467 e. The average Bonchev–Trinajstić information content (AvgIpc) is 2.80. The van der Waals surface area contributed by atoms with Gasteiger partial charge in [-0.15, -0.1) is 6.58 Å². The number of esters is 1. The molecule has 1 heterocycles. The van der Waals surface area contributed by atoms with E-state index in [0.717, 1.165) is 6.42 Å².